The van der Waals surface area contributed by atoms with Crippen LogP contribution < -0.4 is 14.4 Å². The number of aromatic hydroxyl groups is 1. The average Bonchev–Trinajstić information content (AvgIpc) is 3.39. The molecule has 6 fully saturated rings. The molecule has 4 bridgehead atoms. The average molecular weight is 860 g/mol. The number of Topliss-reactive ketones (excluding diaryl/α,β-unsaturated/α-hetero) is 2. The molecule has 10 rings (SSSR count). The number of pyridine rings is 1. The summed E-state index contributed by atoms with van der Waals surface area (Å²) in [5.74, 6) is -0.654. The Morgan fingerprint density at radius 3 is 2.35 bits per heavy atom. The maximum atomic E-state index is 16.1. The second-order valence-electron chi connectivity index (χ2n) is 20.3. The van der Waals surface area contributed by atoms with Gasteiger partial charge in [0.15, 0.2) is 22.8 Å². The van der Waals surface area contributed by atoms with Gasteiger partial charge in [0.1, 0.15) is 34.2 Å². The lowest BCUT2D eigenvalue weighted by atomic mass is 9.44. The van der Waals surface area contributed by atoms with Crippen LogP contribution in [0.5, 0.6) is 17.2 Å². The zero-order chi connectivity index (χ0) is 44.6. The van der Waals surface area contributed by atoms with Crippen LogP contribution in [0.2, 0.25) is 0 Å². The van der Waals surface area contributed by atoms with Gasteiger partial charge in [-0.2, -0.15) is 0 Å². The molecule has 7 atom stereocenters. The molecule has 63 heavy (non-hydrogen) atoms. The van der Waals surface area contributed by atoms with Gasteiger partial charge >= 0.3 is 0 Å². The molecule has 3 aliphatic carbocycles. The van der Waals surface area contributed by atoms with E-state index in [2.05, 4.69) is 52.7 Å². The smallest absolute Gasteiger partial charge is 0.246 e. The highest BCUT2D eigenvalue weighted by atomic mass is 16.6. The second-order valence-corrected chi connectivity index (χ2v) is 20.3. The molecule has 8 aliphatic rings. The van der Waals surface area contributed by atoms with Crippen molar-refractivity contribution in [2.24, 2.45) is 17.8 Å². The molecule has 3 saturated heterocycles. The molecule has 3 unspecified atom stereocenters. The molecule has 5 aliphatic heterocycles. The molecule has 1 aromatic carbocycles. The Morgan fingerprint density at radius 2 is 1.67 bits per heavy atom. The molecule has 1 aromatic heterocycles. The zero-order valence-electron chi connectivity index (χ0n) is 38.4. The van der Waals surface area contributed by atoms with Crippen molar-refractivity contribution in [3.8, 4) is 17.2 Å². The molecule has 12 nitrogen and oxygen atoms in total. The molecule has 6 heterocycles. The van der Waals surface area contributed by atoms with Crippen molar-refractivity contribution in [1.82, 2.24) is 19.7 Å². The maximum absolute atomic E-state index is 16.1. The Labute approximate surface area is 372 Å². The number of ether oxygens (including phenoxy) is 3. The van der Waals surface area contributed by atoms with Gasteiger partial charge in [-0.25, -0.2) is 4.98 Å². The van der Waals surface area contributed by atoms with E-state index in [1.165, 1.54) is 5.57 Å². The van der Waals surface area contributed by atoms with Crippen molar-refractivity contribution in [2.75, 3.05) is 64.3 Å². The molecule has 1 amide bonds. The number of benzene rings is 1. The Bertz CT molecular complexity index is 2300. The molecule has 1 spiro atoms. The summed E-state index contributed by atoms with van der Waals surface area (Å²) in [6.45, 7) is 19.7. The van der Waals surface area contributed by atoms with Crippen LogP contribution in [0.1, 0.15) is 95.6 Å². The number of phenols is 1. The van der Waals surface area contributed by atoms with Crippen molar-refractivity contribution in [2.45, 2.75) is 109 Å². The lowest BCUT2D eigenvalue weighted by Crippen LogP contribution is -2.82. The summed E-state index contributed by atoms with van der Waals surface area (Å²) in [5, 5.41) is 12.5. The summed E-state index contributed by atoms with van der Waals surface area (Å²) in [6.07, 6.45) is 15.8. The van der Waals surface area contributed by atoms with Gasteiger partial charge in [-0.1, -0.05) is 35.4 Å². The summed E-state index contributed by atoms with van der Waals surface area (Å²) >= 11 is 0. The fourth-order valence-corrected chi connectivity index (χ4v) is 12.1. The number of ketones is 2. The van der Waals surface area contributed by atoms with E-state index < -0.39 is 40.3 Å². The minimum absolute atomic E-state index is 0.0724. The topological polar surface area (TPSA) is 125 Å². The fourth-order valence-electron chi connectivity index (χ4n) is 12.1. The van der Waals surface area contributed by atoms with Crippen LogP contribution in [0.25, 0.3) is 6.08 Å². The number of carbonyl (C=O) groups excluding carboxylic acids is 3. The third kappa shape index (κ3) is 7.06. The van der Waals surface area contributed by atoms with Crippen molar-refractivity contribution < 1.29 is 33.7 Å². The van der Waals surface area contributed by atoms with Gasteiger partial charge < -0.3 is 34.0 Å². The first-order valence-corrected chi connectivity index (χ1v) is 23.1. The van der Waals surface area contributed by atoms with Gasteiger partial charge in [0.2, 0.25) is 5.91 Å². The van der Waals surface area contributed by atoms with Crippen molar-refractivity contribution >= 4 is 29.4 Å². The van der Waals surface area contributed by atoms with E-state index in [1.807, 2.05) is 69.9 Å². The van der Waals surface area contributed by atoms with Gasteiger partial charge in [0.05, 0.1) is 17.1 Å². The van der Waals surface area contributed by atoms with Crippen LogP contribution in [-0.4, -0.2) is 130 Å². The third-order valence-electron chi connectivity index (χ3n) is 15.2. The molecule has 12 heteroatoms. The number of hydrogen-bond acceptors (Lipinski definition) is 11. The number of phenolic OH excluding ortho intramolecular Hbond substituents is 1. The van der Waals surface area contributed by atoms with E-state index in [0.717, 1.165) is 30.9 Å². The van der Waals surface area contributed by atoms with Crippen molar-refractivity contribution in [3.63, 3.8) is 0 Å². The highest BCUT2D eigenvalue weighted by molar-refractivity contribution is 6.10. The predicted molar refractivity (Wildman–Crippen MR) is 243 cm³/mol. The van der Waals surface area contributed by atoms with Crippen LogP contribution in [0.15, 0.2) is 65.9 Å². The maximum Gasteiger partial charge on any atom is 0.246 e. The number of carbonyl (C=O) groups is 3. The number of anilines is 1. The third-order valence-corrected chi connectivity index (χ3v) is 15.2. The fraction of sp³-hybridized carbons (Fsp3) is 0.569. The lowest BCUT2D eigenvalue weighted by molar-refractivity contribution is -0.213. The molecular formula is C51H65N5O7. The number of allylic oxidation sites excluding steroid dienone is 4. The van der Waals surface area contributed by atoms with E-state index in [1.54, 1.807) is 18.3 Å². The zero-order valence-corrected chi connectivity index (χ0v) is 38.4. The Morgan fingerprint density at radius 1 is 0.937 bits per heavy atom. The quantitative estimate of drug-likeness (QED) is 0.200. The first-order chi connectivity index (χ1) is 30.0. The number of fused-ring (bicyclic) bond motifs is 2. The molecule has 336 valence electrons. The summed E-state index contributed by atoms with van der Waals surface area (Å²) in [6, 6.07) is 5.41. The number of likely N-dealkylation sites (N-methyl/N-ethyl adjacent to an activating group) is 1. The van der Waals surface area contributed by atoms with E-state index in [0.29, 0.717) is 75.4 Å². The van der Waals surface area contributed by atoms with E-state index in [-0.39, 0.29) is 46.9 Å². The SMILES string of the molecule is CC(C)=CCC[C@]1(C)C=Cc2c(O)c3c(c(CC=C(C)C)c2O1)O[C@]12C(C3=O)C(N3CCN(c4ccccn4)CC3)[C@@H]3CC1C(C)(C)O[C@@]2(C/C=C/C(=O)N1CCN(C)CC1)C3=O. The monoisotopic (exact) mass is 859 g/mol. The Kier molecular flexibility index (Phi) is 11.1. The molecule has 2 aromatic rings. The van der Waals surface area contributed by atoms with Crippen LogP contribution in [0.4, 0.5) is 5.82 Å². The van der Waals surface area contributed by atoms with Crippen LogP contribution in [0.3, 0.4) is 0 Å². The highest BCUT2D eigenvalue weighted by Crippen LogP contribution is 2.71. The van der Waals surface area contributed by atoms with Crippen LogP contribution in [-0.2, 0) is 20.7 Å². The number of nitrogens with zero attached hydrogens (tertiary/aromatic N) is 5. The lowest BCUT2D eigenvalue weighted by Gasteiger charge is -2.65. The van der Waals surface area contributed by atoms with Gasteiger partial charge in [0.25, 0.3) is 0 Å². The number of rotatable bonds is 10. The minimum atomic E-state index is -1.58. The van der Waals surface area contributed by atoms with Gasteiger partial charge in [-0.05, 0) is 112 Å². The Balaban J connectivity index is 1.19. The minimum Gasteiger partial charge on any atom is -0.506 e. The van der Waals surface area contributed by atoms with Crippen molar-refractivity contribution in [3.05, 3.63) is 82.6 Å². The molecule has 3 saturated carbocycles. The first-order valence-electron chi connectivity index (χ1n) is 23.1. The van der Waals surface area contributed by atoms with E-state index in [9.17, 15) is 9.90 Å². The van der Waals surface area contributed by atoms with Crippen LogP contribution >= 0.6 is 0 Å². The summed E-state index contributed by atoms with van der Waals surface area (Å²) < 4.78 is 21.9. The number of piperazine rings is 2. The normalized spacial score (nSPS) is 31.9. The Hall–Kier alpha value is -4.78. The largest absolute Gasteiger partial charge is 0.506 e. The summed E-state index contributed by atoms with van der Waals surface area (Å²) in [7, 11) is 2.05. The van der Waals surface area contributed by atoms with Gasteiger partial charge in [0, 0.05) is 88.4 Å². The summed E-state index contributed by atoms with van der Waals surface area (Å²) in [5.41, 5.74) is -0.982. The van der Waals surface area contributed by atoms with Crippen LogP contribution in [0, 0.1) is 17.8 Å². The van der Waals surface area contributed by atoms with Gasteiger partial charge in [-0.15, -0.1) is 0 Å². The number of hydrogen-bond donors (Lipinski definition) is 1. The number of aromatic nitrogens is 1. The summed E-state index contributed by atoms with van der Waals surface area (Å²) in [4.78, 5) is 58.6. The van der Waals surface area contributed by atoms with E-state index in [4.69, 9.17) is 14.2 Å². The second kappa shape index (κ2) is 16.0. The van der Waals surface area contributed by atoms with E-state index >= 15 is 9.59 Å². The predicted octanol–water partition coefficient (Wildman–Crippen LogP) is 6.81. The van der Waals surface area contributed by atoms with Crippen molar-refractivity contribution in [1.29, 1.82) is 0 Å². The standard InChI is InChI=1S/C51H65N5O7/c1-32(2)13-11-19-49(7)21-18-34-43(58)40-44(59)41-42(56-29-27-54(28-30-56)38-14-9-10-22-52-38)36-31-37-48(5,6)63-50(47(36)60,20-12-15-39(57)55-25-23-53(8)24-26-55)51(37,41)62-46(40)35(45(34)61-49)17-16-33(3)4/h9-10,12-16,18,21-22,36-37,41-42,58H,11,17,19-20,23-31H2,1-8H3/b15-12+/t36-,37?,41?,42?,49+,50-,51-/m0/s1. The molecule has 0 radical (unpaired) electrons. The first kappa shape index (κ1) is 43.5. The molecule has 1 N–H and O–H groups in total. The highest BCUT2D eigenvalue weighted by Gasteiger charge is 2.86. The van der Waals surface area contributed by atoms with Gasteiger partial charge in [-0.3, -0.25) is 19.3 Å². The molecular weight excluding hydrogens is 795 g/mol. The number of amides is 1.